The minimum Gasteiger partial charge on any atom is -0.392 e. The van der Waals surface area contributed by atoms with Crippen molar-refractivity contribution in [3.8, 4) is 0 Å². The zero-order chi connectivity index (χ0) is 12.5. The average Bonchev–Trinajstić information content (AvgIpc) is 2.95. The molecule has 1 N–H and O–H groups in total. The van der Waals surface area contributed by atoms with Crippen molar-refractivity contribution in [2.75, 3.05) is 0 Å². The van der Waals surface area contributed by atoms with E-state index in [2.05, 4.69) is 9.72 Å². The monoisotopic (exact) mass is 242 g/mol. The zero-order valence-corrected chi connectivity index (χ0v) is 10.1. The fourth-order valence-electron chi connectivity index (χ4n) is 2.24. The van der Waals surface area contributed by atoms with E-state index in [4.69, 9.17) is 4.52 Å². The standard InChI is InChI=1S/C14H14N2O2/c1-10-6-12(18-15-10)8-16-7-11(9-17)13-4-2-3-5-14(13)16/h2-7,17H,8-9H2,1H3. The van der Waals surface area contributed by atoms with Gasteiger partial charge in [0, 0.05) is 28.7 Å². The van der Waals surface area contributed by atoms with E-state index in [1.807, 2.05) is 43.5 Å². The molecule has 1 aromatic carbocycles. The number of aryl methyl sites for hydroxylation is 1. The molecule has 0 aliphatic heterocycles. The summed E-state index contributed by atoms with van der Waals surface area (Å²) in [4.78, 5) is 0. The lowest BCUT2D eigenvalue weighted by atomic mass is 10.2. The molecule has 0 radical (unpaired) electrons. The number of fused-ring (bicyclic) bond motifs is 1. The number of hydrogen-bond donors (Lipinski definition) is 1. The first kappa shape index (κ1) is 11.0. The molecule has 0 amide bonds. The van der Waals surface area contributed by atoms with Crippen LogP contribution in [0.25, 0.3) is 10.9 Å². The lowest BCUT2D eigenvalue weighted by molar-refractivity contribution is 0.283. The first-order chi connectivity index (χ1) is 8.78. The van der Waals surface area contributed by atoms with E-state index < -0.39 is 0 Å². The van der Waals surface area contributed by atoms with Gasteiger partial charge in [0.15, 0.2) is 5.76 Å². The summed E-state index contributed by atoms with van der Waals surface area (Å²) in [6, 6.07) is 9.95. The normalized spacial score (nSPS) is 11.2. The second kappa shape index (κ2) is 4.31. The van der Waals surface area contributed by atoms with Crippen molar-refractivity contribution in [1.82, 2.24) is 9.72 Å². The van der Waals surface area contributed by atoms with Crippen LogP contribution in [0.1, 0.15) is 17.0 Å². The van der Waals surface area contributed by atoms with Gasteiger partial charge in [-0.2, -0.15) is 0 Å². The number of nitrogens with zero attached hydrogens (tertiary/aromatic N) is 2. The van der Waals surface area contributed by atoms with E-state index in [0.29, 0.717) is 6.54 Å². The number of hydrogen-bond acceptors (Lipinski definition) is 3. The smallest absolute Gasteiger partial charge is 0.156 e. The molecule has 92 valence electrons. The Hall–Kier alpha value is -2.07. The first-order valence-electron chi connectivity index (χ1n) is 5.88. The van der Waals surface area contributed by atoms with Crippen LogP contribution in [0.3, 0.4) is 0 Å². The highest BCUT2D eigenvalue weighted by Gasteiger charge is 2.09. The number of rotatable bonds is 3. The van der Waals surface area contributed by atoms with Gasteiger partial charge in [0.1, 0.15) is 0 Å². The average molecular weight is 242 g/mol. The zero-order valence-electron chi connectivity index (χ0n) is 10.1. The largest absolute Gasteiger partial charge is 0.392 e. The first-order valence-corrected chi connectivity index (χ1v) is 5.88. The van der Waals surface area contributed by atoms with Gasteiger partial charge < -0.3 is 14.2 Å². The van der Waals surface area contributed by atoms with Crippen LogP contribution in [0.2, 0.25) is 0 Å². The number of aromatic nitrogens is 2. The van der Waals surface area contributed by atoms with Crippen molar-refractivity contribution in [2.24, 2.45) is 0 Å². The highest BCUT2D eigenvalue weighted by Crippen LogP contribution is 2.22. The molecule has 0 bridgehead atoms. The molecule has 0 saturated heterocycles. The minimum absolute atomic E-state index is 0.0446. The Labute approximate surface area is 104 Å². The SMILES string of the molecule is Cc1cc(Cn2cc(CO)c3ccccc32)on1. The molecule has 0 aliphatic carbocycles. The van der Waals surface area contributed by atoms with E-state index in [1.165, 1.54) is 0 Å². The van der Waals surface area contributed by atoms with Gasteiger partial charge in [-0.15, -0.1) is 0 Å². The molecule has 3 aromatic rings. The van der Waals surface area contributed by atoms with Crippen molar-refractivity contribution < 1.29 is 9.63 Å². The summed E-state index contributed by atoms with van der Waals surface area (Å²) in [7, 11) is 0. The maximum absolute atomic E-state index is 9.37. The molecule has 18 heavy (non-hydrogen) atoms. The van der Waals surface area contributed by atoms with E-state index in [-0.39, 0.29) is 6.61 Å². The maximum atomic E-state index is 9.37. The summed E-state index contributed by atoms with van der Waals surface area (Å²) in [6.45, 7) is 2.57. The molecular weight excluding hydrogens is 228 g/mol. The minimum atomic E-state index is 0.0446. The summed E-state index contributed by atoms with van der Waals surface area (Å²) < 4.78 is 7.30. The van der Waals surface area contributed by atoms with Crippen molar-refractivity contribution >= 4 is 10.9 Å². The van der Waals surface area contributed by atoms with Crippen molar-refractivity contribution in [2.45, 2.75) is 20.1 Å². The molecule has 4 nitrogen and oxygen atoms in total. The highest BCUT2D eigenvalue weighted by molar-refractivity contribution is 5.83. The molecule has 2 heterocycles. The predicted molar refractivity (Wildman–Crippen MR) is 68.2 cm³/mol. The summed E-state index contributed by atoms with van der Waals surface area (Å²) in [5.74, 6) is 0.817. The van der Waals surface area contributed by atoms with Gasteiger partial charge in [0.2, 0.25) is 0 Å². The fraction of sp³-hybridized carbons (Fsp3) is 0.214. The highest BCUT2D eigenvalue weighted by atomic mass is 16.5. The maximum Gasteiger partial charge on any atom is 0.156 e. The Balaban J connectivity index is 2.06. The van der Waals surface area contributed by atoms with E-state index >= 15 is 0 Å². The Morgan fingerprint density at radius 2 is 2.17 bits per heavy atom. The molecule has 0 fully saturated rings. The lowest BCUT2D eigenvalue weighted by Crippen LogP contribution is -1.96. The second-order valence-corrected chi connectivity index (χ2v) is 4.39. The molecule has 0 spiro atoms. The van der Waals surface area contributed by atoms with Gasteiger partial charge in [0.25, 0.3) is 0 Å². The van der Waals surface area contributed by atoms with Gasteiger partial charge in [-0.25, -0.2) is 0 Å². The van der Waals surface area contributed by atoms with Crippen LogP contribution in [0, 0.1) is 6.92 Å². The van der Waals surface area contributed by atoms with E-state index in [9.17, 15) is 5.11 Å². The number of aliphatic hydroxyl groups is 1. The van der Waals surface area contributed by atoms with Crippen LogP contribution in [-0.2, 0) is 13.2 Å². The number of benzene rings is 1. The summed E-state index contributed by atoms with van der Waals surface area (Å²) in [6.07, 6.45) is 1.96. The summed E-state index contributed by atoms with van der Waals surface area (Å²) >= 11 is 0. The third-order valence-electron chi connectivity index (χ3n) is 3.04. The van der Waals surface area contributed by atoms with Gasteiger partial charge in [-0.3, -0.25) is 0 Å². The molecule has 4 heteroatoms. The van der Waals surface area contributed by atoms with Crippen LogP contribution >= 0.6 is 0 Å². The predicted octanol–water partition coefficient (Wildman–Crippen LogP) is 2.48. The summed E-state index contributed by atoms with van der Waals surface area (Å²) in [5.41, 5.74) is 2.90. The van der Waals surface area contributed by atoms with Crippen molar-refractivity contribution in [3.05, 3.63) is 53.5 Å². The van der Waals surface area contributed by atoms with Crippen LogP contribution in [0.4, 0.5) is 0 Å². The molecule has 0 atom stereocenters. The van der Waals surface area contributed by atoms with Gasteiger partial charge >= 0.3 is 0 Å². The van der Waals surface area contributed by atoms with Crippen molar-refractivity contribution in [1.29, 1.82) is 0 Å². The van der Waals surface area contributed by atoms with E-state index in [1.54, 1.807) is 0 Å². The Morgan fingerprint density at radius 3 is 2.89 bits per heavy atom. The Morgan fingerprint density at radius 1 is 1.33 bits per heavy atom. The molecule has 0 saturated carbocycles. The molecule has 3 rings (SSSR count). The van der Waals surface area contributed by atoms with E-state index in [0.717, 1.165) is 27.9 Å². The summed E-state index contributed by atoms with van der Waals surface area (Å²) in [5, 5.41) is 14.3. The quantitative estimate of drug-likeness (QED) is 0.767. The van der Waals surface area contributed by atoms with Gasteiger partial charge in [-0.1, -0.05) is 23.4 Å². The third kappa shape index (κ3) is 1.80. The van der Waals surface area contributed by atoms with Gasteiger partial charge in [-0.05, 0) is 13.0 Å². The topological polar surface area (TPSA) is 51.2 Å². The third-order valence-corrected chi connectivity index (χ3v) is 3.04. The molecular formula is C14H14N2O2. The Bertz CT molecular complexity index is 682. The number of aliphatic hydroxyl groups excluding tert-OH is 1. The van der Waals surface area contributed by atoms with Crippen LogP contribution in [0.5, 0.6) is 0 Å². The molecule has 2 aromatic heterocycles. The van der Waals surface area contributed by atoms with Crippen LogP contribution < -0.4 is 0 Å². The van der Waals surface area contributed by atoms with Crippen molar-refractivity contribution in [3.63, 3.8) is 0 Å². The van der Waals surface area contributed by atoms with Gasteiger partial charge in [0.05, 0.1) is 18.8 Å². The van der Waals surface area contributed by atoms with Crippen LogP contribution in [0.15, 0.2) is 41.1 Å². The lowest BCUT2D eigenvalue weighted by Gasteiger charge is -2.01. The second-order valence-electron chi connectivity index (χ2n) is 4.39. The van der Waals surface area contributed by atoms with Crippen LogP contribution in [-0.4, -0.2) is 14.8 Å². The molecule has 0 aliphatic rings. The fourth-order valence-corrected chi connectivity index (χ4v) is 2.24. The molecule has 0 unspecified atom stereocenters. The number of para-hydroxylation sites is 1. The Kier molecular flexibility index (Phi) is 2.64.